The Morgan fingerprint density at radius 2 is 1.79 bits per heavy atom. The molecule has 0 aliphatic heterocycles. The first-order valence-electron chi connectivity index (χ1n) is 5.49. The summed E-state index contributed by atoms with van der Waals surface area (Å²) in [4.78, 5) is 11.2. The highest BCUT2D eigenvalue weighted by molar-refractivity contribution is 5.78. The molecule has 1 aliphatic carbocycles. The van der Waals surface area contributed by atoms with Crippen LogP contribution in [0.2, 0.25) is 0 Å². The van der Waals surface area contributed by atoms with Crippen LogP contribution in [0.5, 0.6) is 0 Å². The molecule has 1 rings (SSSR count). The molecule has 0 heterocycles. The summed E-state index contributed by atoms with van der Waals surface area (Å²) in [6.45, 7) is 0. The summed E-state index contributed by atoms with van der Waals surface area (Å²) in [6.07, 6.45) is 8.47. The van der Waals surface area contributed by atoms with Gasteiger partial charge in [-0.05, 0) is 12.8 Å². The van der Waals surface area contributed by atoms with E-state index in [1.807, 2.05) is 6.07 Å². The molecule has 0 radical (unpaired) electrons. The van der Waals surface area contributed by atoms with Gasteiger partial charge in [0.2, 0.25) is 5.91 Å². The summed E-state index contributed by atoms with van der Waals surface area (Å²) in [7, 11) is 0. The molecule has 14 heavy (non-hydrogen) atoms. The Morgan fingerprint density at radius 1 is 1.21 bits per heavy atom. The topological polar surface area (TPSA) is 52.9 Å². The van der Waals surface area contributed by atoms with Crippen LogP contribution in [-0.4, -0.2) is 11.9 Å². The molecule has 3 nitrogen and oxygen atoms in total. The van der Waals surface area contributed by atoms with Crippen molar-refractivity contribution in [3.63, 3.8) is 0 Å². The molecule has 1 aliphatic rings. The summed E-state index contributed by atoms with van der Waals surface area (Å²) in [5.41, 5.74) is 0. The van der Waals surface area contributed by atoms with Gasteiger partial charge in [0.15, 0.2) is 0 Å². The van der Waals surface area contributed by atoms with E-state index >= 15 is 0 Å². The predicted octanol–water partition coefficient (Wildman–Crippen LogP) is 2.13. The highest BCUT2D eigenvalue weighted by atomic mass is 16.1. The van der Waals surface area contributed by atoms with Crippen molar-refractivity contribution >= 4 is 5.91 Å². The second-order valence-corrected chi connectivity index (χ2v) is 3.94. The third-order valence-corrected chi connectivity index (χ3v) is 2.71. The van der Waals surface area contributed by atoms with Crippen molar-refractivity contribution in [2.24, 2.45) is 0 Å². The van der Waals surface area contributed by atoms with E-state index < -0.39 is 0 Å². The third-order valence-electron chi connectivity index (χ3n) is 2.71. The lowest BCUT2D eigenvalue weighted by atomic mass is 9.97. The summed E-state index contributed by atoms with van der Waals surface area (Å²) in [5.74, 6) is -0.113. The van der Waals surface area contributed by atoms with Gasteiger partial charge in [-0.25, -0.2) is 0 Å². The molecule has 0 aromatic carbocycles. The van der Waals surface area contributed by atoms with Crippen LogP contribution in [0.4, 0.5) is 0 Å². The molecule has 0 aromatic rings. The Bertz CT molecular complexity index is 212. The van der Waals surface area contributed by atoms with Gasteiger partial charge in [0.05, 0.1) is 6.07 Å². The highest BCUT2D eigenvalue weighted by Gasteiger charge is 2.13. The average molecular weight is 194 g/mol. The molecular weight excluding hydrogens is 176 g/mol. The number of nitrogens with zero attached hydrogens (tertiary/aromatic N) is 1. The number of carbonyl (C=O) groups is 1. The first kappa shape index (κ1) is 11.0. The summed E-state index contributed by atoms with van der Waals surface area (Å²) < 4.78 is 0. The zero-order valence-electron chi connectivity index (χ0n) is 8.59. The van der Waals surface area contributed by atoms with Gasteiger partial charge >= 0.3 is 0 Å². The second kappa shape index (κ2) is 6.42. The van der Waals surface area contributed by atoms with E-state index in [0.717, 1.165) is 12.8 Å². The Hall–Kier alpha value is -1.04. The van der Waals surface area contributed by atoms with E-state index in [9.17, 15) is 4.79 Å². The SMILES string of the molecule is N#CCC(=O)NC1CCCCCCC1. The summed E-state index contributed by atoms with van der Waals surface area (Å²) in [6, 6.07) is 2.19. The van der Waals surface area contributed by atoms with Gasteiger partial charge in [-0.2, -0.15) is 5.26 Å². The molecule has 0 aromatic heterocycles. The lowest BCUT2D eigenvalue weighted by Gasteiger charge is -2.20. The number of hydrogen-bond acceptors (Lipinski definition) is 2. The Balaban J connectivity index is 2.27. The Kier molecular flexibility index (Phi) is 5.06. The van der Waals surface area contributed by atoms with Crippen molar-refractivity contribution < 1.29 is 4.79 Å². The number of amides is 1. The summed E-state index contributed by atoms with van der Waals surface area (Å²) in [5, 5.41) is 11.3. The van der Waals surface area contributed by atoms with E-state index in [1.165, 1.54) is 32.1 Å². The van der Waals surface area contributed by atoms with Gasteiger partial charge < -0.3 is 5.32 Å². The molecule has 1 amide bonds. The van der Waals surface area contributed by atoms with Crippen LogP contribution in [0.25, 0.3) is 0 Å². The van der Waals surface area contributed by atoms with Crippen LogP contribution in [-0.2, 0) is 4.79 Å². The molecule has 3 heteroatoms. The van der Waals surface area contributed by atoms with Crippen LogP contribution in [0, 0.1) is 11.3 Å². The quantitative estimate of drug-likeness (QED) is 0.732. The number of nitrogens with one attached hydrogen (secondary N) is 1. The third kappa shape index (κ3) is 4.27. The maximum Gasteiger partial charge on any atom is 0.234 e. The van der Waals surface area contributed by atoms with Crippen LogP contribution in [0.15, 0.2) is 0 Å². The van der Waals surface area contributed by atoms with Gasteiger partial charge in [-0.1, -0.05) is 32.1 Å². The van der Waals surface area contributed by atoms with Crippen molar-refractivity contribution in [2.75, 3.05) is 0 Å². The van der Waals surface area contributed by atoms with Crippen LogP contribution >= 0.6 is 0 Å². The van der Waals surface area contributed by atoms with Crippen LogP contribution in [0.1, 0.15) is 51.4 Å². The molecule has 1 N–H and O–H groups in total. The minimum absolute atomic E-state index is 0.00347. The molecule has 0 atom stereocenters. The van der Waals surface area contributed by atoms with Gasteiger partial charge in [-0.3, -0.25) is 4.79 Å². The van der Waals surface area contributed by atoms with Crippen LogP contribution in [0.3, 0.4) is 0 Å². The molecule has 0 bridgehead atoms. The highest BCUT2D eigenvalue weighted by Crippen LogP contribution is 2.16. The van der Waals surface area contributed by atoms with E-state index in [2.05, 4.69) is 5.32 Å². The van der Waals surface area contributed by atoms with E-state index in [-0.39, 0.29) is 12.3 Å². The normalized spacial score (nSPS) is 19.1. The fourth-order valence-corrected chi connectivity index (χ4v) is 1.95. The monoisotopic (exact) mass is 194 g/mol. The standard InChI is InChI=1S/C11H18N2O/c12-9-8-11(14)13-10-6-4-2-1-3-5-7-10/h10H,1-8H2,(H,13,14). The van der Waals surface area contributed by atoms with Gasteiger partial charge in [0.1, 0.15) is 6.42 Å². The lowest BCUT2D eigenvalue weighted by Crippen LogP contribution is -2.34. The fraction of sp³-hybridized carbons (Fsp3) is 0.818. The smallest absolute Gasteiger partial charge is 0.234 e. The van der Waals surface area contributed by atoms with Crippen molar-refractivity contribution in [3.8, 4) is 6.07 Å². The summed E-state index contributed by atoms with van der Waals surface area (Å²) >= 11 is 0. The van der Waals surface area contributed by atoms with E-state index in [4.69, 9.17) is 5.26 Å². The maximum absolute atomic E-state index is 11.2. The molecule has 0 saturated heterocycles. The molecule has 0 unspecified atom stereocenters. The number of nitriles is 1. The van der Waals surface area contributed by atoms with Crippen molar-refractivity contribution in [3.05, 3.63) is 0 Å². The molecule has 1 saturated carbocycles. The van der Waals surface area contributed by atoms with Crippen molar-refractivity contribution in [1.29, 1.82) is 5.26 Å². The minimum Gasteiger partial charge on any atom is -0.352 e. The molecule has 78 valence electrons. The molecular formula is C11H18N2O. The number of carbonyl (C=O) groups excluding carboxylic acids is 1. The minimum atomic E-state index is -0.113. The van der Waals surface area contributed by atoms with Gasteiger partial charge in [0, 0.05) is 6.04 Å². The Labute approximate surface area is 85.5 Å². The van der Waals surface area contributed by atoms with Crippen molar-refractivity contribution in [2.45, 2.75) is 57.4 Å². The predicted molar refractivity (Wildman–Crippen MR) is 54.5 cm³/mol. The maximum atomic E-state index is 11.2. The first-order valence-corrected chi connectivity index (χ1v) is 5.49. The Morgan fingerprint density at radius 3 is 2.36 bits per heavy atom. The number of hydrogen-bond donors (Lipinski definition) is 1. The first-order chi connectivity index (χ1) is 6.83. The average Bonchev–Trinajstić information content (AvgIpc) is 2.10. The molecule has 0 spiro atoms. The number of rotatable bonds is 2. The van der Waals surface area contributed by atoms with Gasteiger partial charge in [-0.15, -0.1) is 0 Å². The second-order valence-electron chi connectivity index (χ2n) is 3.94. The van der Waals surface area contributed by atoms with E-state index in [1.54, 1.807) is 0 Å². The van der Waals surface area contributed by atoms with Gasteiger partial charge in [0.25, 0.3) is 0 Å². The largest absolute Gasteiger partial charge is 0.352 e. The lowest BCUT2D eigenvalue weighted by molar-refractivity contribution is -0.120. The zero-order valence-corrected chi connectivity index (χ0v) is 8.59. The zero-order chi connectivity index (χ0) is 10.2. The van der Waals surface area contributed by atoms with Crippen LogP contribution < -0.4 is 5.32 Å². The van der Waals surface area contributed by atoms with Crippen molar-refractivity contribution in [1.82, 2.24) is 5.32 Å². The fourth-order valence-electron chi connectivity index (χ4n) is 1.95. The van der Waals surface area contributed by atoms with E-state index in [0.29, 0.717) is 6.04 Å². The molecule has 1 fully saturated rings.